The third-order valence-corrected chi connectivity index (χ3v) is 6.40. The van der Waals surface area contributed by atoms with Crippen LogP contribution in [0.4, 0.5) is 18.9 Å². The van der Waals surface area contributed by atoms with Crippen molar-refractivity contribution >= 4 is 34.8 Å². The number of hydrogen-bond donors (Lipinski definition) is 1. The van der Waals surface area contributed by atoms with Crippen molar-refractivity contribution in [1.82, 2.24) is 4.90 Å². The highest BCUT2D eigenvalue weighted by Crippen LogP contribution is 2.36. The summed E-state index contributed by atoms with van der Waals surface area (Å²) in [6, 6.07) is 8.31. The van der Waals surface area contributed by atoms with Crippen molar-refractivity contribution in [3.63, 3.8) is 0 Å². The number of nitrogens with zero attached hydrogens (tertiary/aromatic N) is 2. The molecule has 4 nitrogen and oxygen atoms in total. The van der Waals surface area contributed by atoms with E-state index in [1.807, 2.05) is 18.7 Å². The number of anilines is 1. The van der Waals surface area contributed by atoms with Crippen LogP contribution in [0.25, 0.3) is 0 Å². The fourth-order valence-corrected chi connectivity index (χ4v) is 4.56. The molecule has 1 aliphatic heterocycles. The maximum absolute atomic E-state index is 13.3. The standard InChI is InChI=1S/C24H28Cl2F3N3O/c1-15(2)11-21(30)19-13-17(24(27,28)29)4-6-22(19)31-7-9-32(10-8-31)23(33)12-16-3-5-18(25)14-20(16)26/h3-6,13-15,21H,7-12,30H2,1-2H3/t21-/m0/s1. The number of amides is 1. The predicted molar refractivity (Wildman–Crippen MR) is 127 cm³/mol. The normalized spacial score (nSPS) is 15.8. The Labute approximate surface area is 202 Å². The Kier molecular flexibility index (Phi) is 8.19. The molecule has 0 aromatic heterocycles. The smallest absolute Gasteiger partial charge is 0.368 e. The van der Waals surface area contributed by atoms with Crippen molar-refractivity contribution < 1.29 is 18.0 Å². The fraction of sp³-hybridized carbons (Fsp3) is 0.458. The second kappa shape index (κ2) is 10.5. The quantitative estimate of drug-likeness (QED) is 0.531. The van der Waals surface area contributed by atoms with Gasteiger partial charge in [0.15, 0.2) is 0 Å². The van der Waals surface area contributed by atoms with Crippen LogP contribution >= 0.6 is 23.2 Å². The van der Waals surface area contributed by atoms with E-state index in [9.17, 15) is 18.0 Å². The minimum atomic E-state index is -4.43. The van der Waals surface area contributed by atoms with Gasteiger partial charge < -0.3 is 15.5 Å². The van der Waals surface area contributed by atoms with E-state index in [1.54, 1.807) is 23.1 Å². The van der Waals surface area contributed by atoms with Crippen LogP contribution in [0, 0.1) is 5.92 Å². The maximum Gasteiger partial charge on any atom is 0.416 e. The number of carbonyl (C=O) groups is 1. The minimum Gasteiger partial charge on any atom is -0.368 e. The Bertz CT molecular complexity index is 989. The molecule has 1 heterocycles. The number of alkyl halides is 3. The maximum atomic E-state index is 13.3. The summed E-state index contributed by atoms with van der Waals surface area (Å²) in [5.41, 5.74) is 7.52. The molecule has 0 spiro atoms. The zero-order chi connectivity index (χ0) is 24.3. The number of nitrogens with two attached hydrogens (primary N) is 1. The number of rotatable bonds is 6. The van der Waals surface area contributed by atoms with Gasteiger partial charge >= 0.3 is 6.18 Å². The number of benzene rings is 2. The third-order valence-electron chi connectivity index (χ3n) is 5.81. The van der Waals surface area contributed by atoms with Gasteiger partial charge in [-0.15, -0.1) is 0 Å². The Hall–Kier alpha value is -1.96. The molecule has 2 aromatic rings. The van der Waals surface area contributed by atoms with E-state index in [2.05, 4.69) is 0 Å². The molecule has 2 N–H and O–H groups in total. The van der Waals surface area contributed by atoms with E-state index in [0.717, 1.165) is 6.07 Å². The van der Waals surface area contributed by atoms with E-state index in [1.165, 1.54) is 12.1 Å². The third kappa shape index (κ3) is 6.55. The Morgan fingerprint density at radius 2 is 1.73 bits per heavy atom. The van der Waals surface area contributed by atoms with Crippen LogP contribution in [0.1, 0.15) is 43.0 Å². The Balaban J connectivity index is 1.73. The van der Waals surface area contributed by atoms with Gasteiger partial charge in [0.2, 0.25) is 5.91 Å². The predicted octanol–water partition coefficient (Wildman–Crippen LogP) is 5.95. The van der Waals surface area contributed by atoms with Crippen LogP contribution in [0.3, 0.4) is 0 Å². The molecule has 33 heavy (non-hydrogen) atoms. The summed E-state index contributed by atoms with van der Waals surface area (Å²) < 4.78 is 40.0. The van der Waals surface area contributed by atoms with Gasteiger partial charge in [0, 0.05) is 48.0 Å². The topological polar surface area (TPSA) is 49.6 Å². The molecule has 0 saturated carbocycles. The van der Waals surface area contributed by atoms with Gasteiger partial charge in [-0.2, -0.15) is 13.2 Å². The van der Waals surface area contributed by atoms with Gasteiger partial charge in [-0.05, 0) is 53.8 Å². The molecule has 180 valence electrons. The van der Waals surface area contributed by atoms with Gasteiger partial charge in [0.25, 0.3) is 0 Å². The van der Waals surface area contributed by atoms with Crippen molar-refractivity contribution in [2.24, 2.45) is 11.7 Å². The summed E-state index contributed by atoms with van der Waals surface area (Å²) in [4.78, 5) is 16.5. The average Bonchev–Trinajstić information content (AvgIpc) is 2.74. The largest absolute Gasteiger partial charge is 0.416 e. The highest BCUT2D eigenvalue weighted by Gasteiger charge is 2.33. The summed E-state index contributed by atoms with van der Waals surface area (Å²) in [7, 11) is 0. The lowest BCUT2D eigenvalue weighted by molar-refractivity contribution is -0.137. The molecule has 1 atom stereocenters. The van der Waals surface area contributed by atoms with Gasteiger partial charge in [0.1, 0.15) is 0 Å². The number of hydrogen-bond acceptors (Lipinski definition) is 3. The Morgan fingerprint density at radius 1 is 1.06 bits per heavy atom. The zero-order valence-electron chi connectivity index (χ0n) is 18.6. The van der Waals surface area contributed by atoms with Crippen LogP contribution in [-0.2, 0) is 17.4 Å². The molecule has 1 saturated heterocycles. The molecule has 0 unspecified atom stereocenters. The SMILES string of the molecule is CC(C)C[C@H](N)c1cc(C(F)(F)F)ccc1N1CCN(C(=O)Cc2ccc(Cl)cc2Cl)CC1. The summed E-state index contributed by atoms with van der Waals surface area (Å²) >= 11 is 12.1. The highest BCUT2D eigenvalue weighted by atomic mass is 35.5. The number of carbonyl (C=O) groups excluding carboxylic acids is 1. The number of halogens is 5. The van der Waals surface area contributed by atoms with Gasteiger partial charge in [-0.3, -0.25) is 4.79 Å². The summed E-state index contributed by atoms with van der Waals surface area (Å²) in [6.07, 6.45) is -3.69. The van der Waals surface area contributed by atoms with Crippen LogP contribution in [0.15, 0.2) is 36.4 Å². The van der Waals surface area contributed by atoms with Crippen molar-refractivity contribution in [3.05, 3.63) is 63.1 Å². The van der Waals surface area contributed by atoms with Gasteiger partial charge in [0.05, 0.1) is 12.0 Å². The molecule has 1 amide bonds. The highest BCUT2D eigenvalue weighted by molar-refractivity contribution is 6.35. The first-order chi connectivity index (χ1) is 15.5. The first-order valence-corrected chi connectivity index (χ1v) is 11.6. The second-order valence-electron chi connectivity index (χ2n) is 8.79. The molecule has 3 rings (SSSR count). The summed E-state index contributed by atoms with van der Waals surface area (Å²) in [5.74, 6) is 0.194. The molecule has 0 radical (unpaired) electrons. The van der Waals surface area contributed by atoms with Crippen LogP contribution < -0.4 is 10.6 Å². The lowest BCUT2D eigenvalue weighted by atomic mass is 9.94. The van der Waals surface area contributed by atoms with E-state index in [4.69, 9.17) is 28.9 Å². The Morgan fingerprint density at radius 3 is 2.30 bits per heavy atom. The fourth-order valence-electron chi connectivity index (χ4n) is 4.09. The van der Waals surface area contributed by atoms with Crippen LogP contribution in [0.2, 0.25) is 10.0 Å². The molecular formula is C24H28Cl2F3N3O. The van der Waals surface area contributed by atoms with Crippen molar-refractivity contribution in [2.75, 3.05) is 31.1 Å². The van der Waals surface area contributed by atoms with Crippen LogP contribution in [0.5, 0.6) is 0 Å². The number of piperazine rings is 1. The lowest BCUT2D eigenvalue weighted by Gasteiger charge is -2.38. The monoisotopic (exact) mass is 501 g/mol. The van der Waals surface area contributed by atoms with E-state index >= 15 is 0 Å². The van der Waals surface area contributed by atoms with Crippen molar-refractivity contribution in [1.29, 1.82) is 0 Å². The average molecular weight is 502 g/mol. The molecule has 2 aromatic carbocycles. The molecule has 9 heteroatoms. The van der Waals surface area contributed by atoms with E-state index in [0.29, 0.717) is 59.5 Å². The van der Waals surface area contributed by atoms with Gasteiger partial charge in [-0.25, -0.2) is 0 Å². The van der Waals surface area contributed by atoms with E-state index < -0.39 is 17.8 Å². The first-order valence-electron chi connectivity index (χ1n) is 10.9. The van der Waals surface area contributed by atoms with Gasteiger partial charge in [-0.1, -0.05) is 43.1 Å². The van der Waals surface area contributed by atoms with E-state index in [-0.39, 0.29) is 18.2 Å². The molecular weight excluding hydrogens is 474 g/mol. The summed E-state index contributed by atoms with van der Waals surface area (Å²) in [6.45, 7) is 5.92. The molecule has 0 aliphatic carbocycles. The lowest BCUT2D eigenvalue weighted by Crippen LogP contribution is -2.49. The van der Waals surface area contributed by atoms with Crippen molar-refractivity contribution in [3.8, 4) is 0 Å². The van der Waals surface area contributed by atoms with Crippen molar-refractivity contribution in [2.45, 2.75) is 38.9 Å². The molecule has 1 fully saturated rings. The zero-order valence-corrected chi connectivity index (χ0v) is 20.1. The van der Waals surface area contributed by atoms with Crippen LogP contribution in [-0.4, -0.2) is 37.0 Å². The molecule has 0 bridgehead atoms. The second-order valence-corrected chi connectivity index (χ2v) is 9.63. The summed E-state index contributed by atoms with van der Waals surface area (Å²) in [5, 5.41) is 0.954. The minimum absolute atomic E-state index is 0.0528. The first kappa shape index (κ1) is 25.7. The molecule has 1 aliphatic rings.